The van der Waals surface area contributed by atoms with Crippen molar-refractivity contribution in [3.8, 4) is 0 Å². The largest absolute Gasteiger partial charge is 0.392 e. The maximum Gasteiger partial charge on any atom is 0.270 e. The molecule has 2 aromatic rings. The monoisotopic (exact) mass is 603 g/mol. The van der Waals surface area contributed by atoms with Crippen molar-refractivity contribution in [1.82, 2.24) is 25.5 Å². The van der Waals surface area contributed by atoms with Crippen LogP contribution in [-0.2, 0) is 22.6 Å². The van der Waals surface area contributed by atoms with Crippen LogP contribution in [0.15, 0.2) is 41.8 Å². The van der Waals surface area contributed by atoms with Gasteiger partial charge in [0.1, 0.15) is 29.7 Å². The van der Waals surface area contributed by atoms with Crippen molar-refractivity contribution in [1.29, 1.82) is 0 Å². The molecule has 44 heavy (non-hydrogen) atoms. The number of rotatable bonds is 12. The summed E-state index contributed by atoms with van der Waals surface area (Å²) in [6.07, 6.45) is 11.7. The Morgan fingerprint density at radius 2 is 1.75 bits per heavy atom. The number of aromatic nitrogens is 2. The number of carbonyl (C=O) groups excluding carboxylic acids is 2. The quantitative estimate of drug-likeness (QED) is 0.214. The van der Waals surface area contributed by atoms with Crippen molar-refractivity contribution < 1.29 is 19.5 Å². The molecule has 2 amide bonds. The van der Waals surface area contributed by atoms with E-state index in [1.165, 1.54) is 30.3 Å². The third kappa shape index (κ3) is 8.32. The lowest BCUT2D eigenvalue weighted by Crippen LogP contribution is -2.43. The molecule has 1 aliphatic heterocycles. The molecule has 11 nitrogen and oxygen atoms in total. The molecular formula is C33H45N7O4. The number of carbonyl (C=O) groups is 2. The van der Waals surface area contributed by atoms with E-state index in [1.807, 2.05) is 6.07 Å². The van der Waals surface area contributed by atoms with Crippen LogP contribution in [0.1, 0.15) is 85.8 Å². The third-order valence-electron chi connectivity index (χ3n) is 9.29. The van der Waals surface area contributed by atoms with Gasteiger partial charge >= 0.3 is 0 Å². The lowest BCUT2D eigenvalue weighted by molar-refractivity contribution is -0.116. The van der Waals surface area contributed by atoms with Crippen molar-refractivity contribution in [2.24, 2.45) is 11.1 Å². The van der Waals surface area contributed by atoms with Crippen LogP contribution in [0.5, 0.6) is 0 Å². The number of fused-ring (bicyclic) bond motifs is 1. The Labute approximate surface area is 259 Å². The molecule has 1 aromatic carbocycles. The minimum Gasteiger partial charge on any atom is -0.392 e. The highest BCUT2D eigenvalue weighted by molar-refractivity contribution is 6.40. The zero-order valence-electron chi connectivity index (χ0n) is 25.4. The predicted octanol–water partition coefficient (Wildman–Crippen LogP) is 3.19. The van der Waals surface area contributed by atoms with E-state index in [2.05, 4.69) is 54.2 Å². The number of anilines is 1. The SMILES string of the molecule is O=C(NC1CCC(Nc2cc(C(=O)NC[C@H](O)CN3CCc4ccccc4C3)ncn2)CC1)/C(=N\OC1CCCC1)C1CC1. The normalized spacial score (nSPS) is 23.4. The first-order valence-corrected chi connectivity index (χ1v) is 16.4. The smallest absolute Gasteiger partial charge is 0.270 e. The van der Waals surface area contributed by atoms with E-state index < -0.39 is 6.10 Å². The maximum absolute atomic E-state index is 13.0. The van der Waals surface area contributed by atoms with E-state index in [1.54, 1.807) is 6.07 Å². The zero-order valence-corrected chi connectivity index (χ0v) is 25.4. The molecule has 3 saturated carbocycles. The molecule has 0 bridgehead atoms. The third-order valence-corrected chi connectivity index (χ3v) is 9.29. The fourth-order valence-electron chi connectivity index (χ4n) is 6.57. The van der Waals surface area contributed by atoms with Crippen LogP contribution in [0.25, 0.3) is 0 Å². The van der Waals surface area contributed by atoms with Crippen LogP contribution in [0.2, 0.25) is 0 Å². The molecule has 0 radical (unpaired) electrons. The van der Waals surface area contributed by atoms with E-state index >= 15 is 0 Å². The van der Waals surface area contributed by atoms with Gasteiger partial charge in [-0.05, 0) is 81.8 Å². The summed E-state index contributed by atoms with van der Waals surface area (Å²) in [6, 6.07) is 10.4. The number of oxime groups is 1. The van der Waals surface area contributed by atoms with Gasteiger partial charge in [0.25, 0.3) is 11.8 Å². The average Bonchev–Trinajstić information content (AvgIpc) is 3.74. The lowest BCUT2D eigenvalue weighted by atomic mass is 9.91. The molecule has 6 rings (SSSR count). The van der Waals surface area contributed by atoms with E-state index in [4.69, 9.17) is 4.84 Å². The molecule has 3 fully saturated rings. The fourth-order valence-corrected chi connectivity index (χ4v) is 6.57. The van der Waals surface area contributed by atoms with Gasteiger partial charge in [0.15, 0.2) is 0 Å². The van der Waals surface area contributed by atoms with E-state index in [9.17, 15) is 14.7 Å². The second kappa shape index (κ2) is 14.5. The predicted molar refractivity (Wildman–Crippen MR) is 167 cm³/mol. The summed E-state index contributed by atoms with van der Waals surface area (Å²) >= 11 is 0. The highest BCUT2D eigenvalue weighted by Gasteiger charge is 2.35. The number of nitrogens with one attached hydrogen (secondary N) is 3. The molecule has 4 aliphatic rings. The average molecular weight is 604 g/mol. The molecular weight excluding hydrogens is 558 g/mol. The van der Waals surface area contributed by atoms with Crippen LogP contribution in [-0.4, -0.2) is 81.4 Å². The van der Waals surface area contributed by atoms with E-state index in [-0.39, 0.29) is 48.2 Å². The number of hydrogen-bond acceptors (Lipinski definition) is 9. The molecule has 4 N–H and O–H groups in total. The summed E-state index contributed by atoms with van der Waals surface area (Å²) in [6.45, 7) is 2.35. The molecule has 0 saturated heterocycles. The Kier molecular flexibility index (Phi) is 10.0. The maximum atomic E-state index is 13.0. The summed E-state index contributed by atoms with van der Waals surface area (Å²) in [4.78, 5) is 42.2. The first kappa shape index (κ1) is 30.5. The minimum atomic E-state index is -0.675. The van der Waals surface area contributed by atoms with E-state index in [0.717, 1.165) is 70.9 Å². The second-order valence-corrected chi connectivity index (χ2v) is 12.8. The number of aliphatic hydroxyl groups excluding tert-OH is 1. The van der Waals surface area contributed by atoms with Crippen LogP contribution < -0.4 is 16.0 Å². The van der Waals surface area contributed by atoms with Gasteiger partial charge in [-0.3, -0.25) is 14.5 Å². The van der Waals surface area contributed by atoms with Gasteiger partial charge < -0.3 is 25.9 Å². The Balaban J connectivity index is 0.919. The van der Waals surface area contributed by atoms with Gasteiger partial charge in [-0.1, -0.05) is 29.4 Å². The first-order valence-electron chi connectivity index (χ1n) is 16.4. The van der Waals surface area contributed by atoms with Gasteiger partial charge in [-0.15, -0.1) is 0 Å². The standard InChI is InChI=1S/C33H45N7O4/c41-27(20-40-16-15-22-5-1-2-6-24(22)19-40)18-34-32(42)29-17-30(36-21-35-29)37-25-11-13-26(14-12-25)38-33(43)31(23-9-10-23)39-44-28-7-3-4-8-28/h1-2,5-6,17,21,23,25-28,41H,3-4,7-16,18-20H2,(H,34,42)(H,38,43)(H,35,36,37)/b39-31-/t25?,26?,27-/m0/s1. The molecule has 1 atom stereocenters. The van der Waals surface area contributed by atoms with Crippen molar-refractivity contribution in [3.05, 3.63) is 53.5 Å². The van der Waals surface area contributed by atoms with Crippen molar-refractivity contribution in [2.75, 3.05) is 25.0 Å². The van der Waals surface area contributed by atoms with Crippen LogP contribution >= 0.6 is 0 Å². The van der Waals surface area contributed by atoms with Crippen LogP contribution in [0.4, 0.5) is 5.82 Å². The topological polar surface area (TPSA) is 141 Å². The first-order chi connectivity index (χ1) is 21.5. The summed E-state index contributed by atoms with van der Waals surface area (Å²) in [7, 11) is 0. The Morgan fingerprint density at radius 3 is 2.52 bits per heavy atom. The number of amides is 2. The van der Waals surface area contributed by atoms with Crippen molar-refractivity contribution >= 4 is 23.3 Å². The molecule has 2 heterocycles. The lowest BCUT2D eigenvalue weighted by Gasteiger charge is -2.30. The van der Waals surface area contributed by atoms with Gasteiger partial charge in [-0.25, -0.2) is 9.97 Å². The minimum absolute atomic E-state index is 0.0836. The Bertz CT molecular complexity index is 1320. The molecule has 3 aliphatic carbocycles. The summed E-state index contributed by atoms with van der Waals surface area (Å²) in [5.74, 6) is 0.404. The second-order valence-electron chi connectivity index (χ2n) is 12.8. The highest BCUT2D eigenvalue weighted by atomic mass is 16.6. The van der Waals surface area contributed by atoms with Gasteiger partial charge in [-0.2, -0.15) is 0 Å². The molecule has 0 unspecified atom stereocenters. The molecule has 1 aromatic heterocycles. The molecule has 11 heteroatoms. The van der Waals surface area contributed by atoms with Gasteiger partial charge in [0.05, 0.1) is 6.10 Å². The van der Waals surface area contributed by atoms with Crippen molar-refractivity contribution in [3.63, 3.8) is 0 Å². The number of hydrogen-bond donors (Lipinski definition) is 4. The van der Waals surface area contributed by atoms with Crippen molar-refractivity contribution in [2.45, 2.75) is 101 Å². The summed E-state index contributed by atoms with van der Waals surface area (Å²) < 4.78 is 0. The summed E-state index contributed by atoms with van der Waals surface area (Å²) in [5.41, 5.74) is 3.49. The number of nitrogens with zero attached hydrogens (tertiary/aromatic N) is 4. The zero-order chi connectivity index (χ0) is 30.3. The van der Waals surface area contributed by atoms with E-state index in [0.29, 0.717) is 18.1 Å². The number of benzene rings is 1. The number of β-amino-alcohol motifs (C(OH)–C–C–N with tert-alkyl or cyclic N) is 1. The van der Waals surface area contributed by atoms with Crippen LogP contribution in [0.3, 0.4) is 0 Å². The van der Waals surface area contributed by atoms with Crippen LogP contribution in [0, 0.1) is 5.92 Å². The fraction of sp³-hybridized carbons (Fsp3) is 0.606. The molecule has 236 valence electrons. The number of aliphatic hydroxyl groups is 1. The highest BCUT2D eigenvalue weighted by Crippen LogP contribution is 2.32. The Morgan fingerprint density at radius 1 is 1.00 bits per heavy atom. The Hall–Kier alpha value is -3.57. The van der Waals surface area contributed by atoms with Gasteiger partial charge in [0.2, 0.25) is 0 Å². The summed E-state index contributed by atoms with van der Waals surface area (Å²) in [5, 5.41) is 24.3. The van der Waals surface area contributed by atoms with Gasteiger partial charge in [0, 0.05) is 50.2 Å². The molecule has 0 spiro atoms.